The zero-order valence-corrected chi connectivity index (χ0v) is 15.3. The van der Waals surface area contributed by atoms with Crippen LogP contribution in [0.1, 0.15) is 42.1 Å². The summed E-state index contributed by atoms with van der Waals surface area (Å²) in [6, 6.07) is 23.9. The van der Waals surface area contributed by atoms with Gasteiger partial charge in [0.2, 0.25) is 0 Å². The number of nitrogens with zero attached hydrogens (tertiary/aromatic N) is 1. The predicted molar refractivity (Wildman–Crippen MR) is 108 cm³/mol. The molecule has 2 heterocycles. The van der Waals surface area contributed by atoms with E-state index in [9.17, 15) is 0 Å². The maximum atomic E-state index is 4.78. The molecule has 0 fully saturated rings. The molecule has 2 heteroatoms. The first kappa shape index (κ1) is 16.7. The van der Waals surface area contributed by atoms with E-state index >= 15 is 0 Å². The molecule has 1 aliphatic heterocycles. The largest absolute Gasteiger partial charge is 0.299 e. The van der Waals surface area contributed by atoms with E-state index in [1.807, 2.05) is 12.3 Å². The molecule has 1 N–H and O–H groups in total. The molecule has 26 heavy (non-hydrogen) atoms. The van der Waals surface area contributed by atoms with Crippen molar-refractivity contribution >= 4 is 0 Å². The van der Waals surface area contributed by atoms with Crippen LogP contribution in [0.2, 0.25) is 0 Å². The molecule has 2 aromatic carbocycles. The number of aryl methyl sites for hydroxylation is 1. The summed E-state index contributed by atoms with van der Waals surface area (Å²) >= 11 is 0. The van der Waals surface area contributed by atoms with Crippen LogP contribution < -0.4 is 5.32 Å². The van der Waals surface area contributed by atoms with E-state index < -0.39 is 0 Å². The highest BCUT2D eigenvalue weighted by Crippen LogP contribution is 2.33. The Hall–Kier alpha value is -2.71. The van der Waals surface area contributed by atoms with Gasteiger partial charge in [0.1, 0.15) is 0 Å². The summed E-state index contributed by atoms with van der Waals surface area (Å²) < 4.78 is 0. The molecular formula is C24H24N2. The maximum absolute atomic E-state index is 4.78. The van der Waals surface area contributed by atoms with Gasteiger partial charge in [-0.15, -0.1) is 0 Å². The molecule has 0 bridgehead atoms. The summed E-state index contributed by atoms with van der Waals surface area (Å²) in [5.74, 6) is 0. The third-order valence-corrected chi connectivity index (χ3v) is 5.18. The molecule has 1 aliphatic rings. The maximum Gasteiger partial charge on any atom is 0.0731 e. The molecule has 2 nitrogen and oxygen atoms in total. The molecule has 1 aromatic heterocycles. The number of benzene rings is 2. The van der Waals surface area contributed by atoms with E-state index in [1.54, 1.807) is 0 Å². The lowest BCUT2D eigenvalue weighted by Gasteiger charge is -2.31. The predicted octanol–water partition coefficient (Wildman–Crippen LogP) is 5.78. The Kier molecular flexibility index (Phi) is 4.68. The van der Waals surface area contributed by atoms with Crippen molar-refractivity contribution in [2.24, 2.45) is 0 Å². The normalized spacial score (nSPS) is 19.8. The highest BCUT2D eigenvalue weighted by atomic mass is 15.0. The fraction of sp³-hybridized carbons (Fsp3) is 0.208. The van der Waals surface area contributed by atoms with Crippen molar-refractivity contribution < 1.29 is 0 Å². The van der Waals surface area contributed by atoms with Crippen molar-refractivity contribution in [3.8, 4) is 11.3 Å². The molecular weight excluding hydrogens is 316 g/mol. The summed E-state index contributed by atoms with van der Waals surface area (Å²) in [4.78, 5) is 4.78. The molecule has 0 unspecified atom stereocenters. The average molecular weight is 340 g/mol. The molecule has 130 valence electrons. The second-order valence-electron chi connectivity index (χ2n) is 7.05. The van der Waals surface area contributed by atoms with Crippen molar-refractivity contribution in [2.45, 2.75) is 32.4 Å². The SMILES string of the molecule is CC1=CC[C@@H](c2cnc(-c3ccccc3)c(C)c2)N[C@H]1c1ccccc1. The Bertz CT molecular complexity index is 913. The molecule has 0 saturated heterocycles. The van der Waals surface area contributed by atoms with Gasteiger partial charge < -0.3 is 0 Å². The first-order chi connectivity index (χ1) is 12.7. The first-order valence-electron chi connectivity index (χ1n) is 9.22. The third kappa shape index (κ3) is 3.33. The second-order valence-corrected chi connectivity index (χ2v) is 7.05. The smallest absolute Gasteiger partial charge is 0.0731 e. The van der Waals surface area contributed by atoms with Crippen LogP contribution in [0.5, 0.6) is 0 Å². The van der Waals surface area contributed by atoms with E-state index in [0.29, 0.717) is 6.04 Å². The Balaban J connectivity index is 1.61. The monoisotopic (exact) mass is 340 g/mol. The van der Waals surface area contributed by atoms with Crippen molar-refractivity contribution in [1.82, 2.24) is 10.3 Å². The van der Waals surface area contributed by atoms with Gasteiger partial charge in [0.05, 0.1) is 11.7 Å². The molecule has 4 rings (SSSR count). The van der Waals surface area contributed by atoms with Crippen LogP contribution in [0.3, 0.4) is 0 Å². The van der Waals surface area contributed by atoms with Gasteiger partial charge in [-0.1, -0.05) is 78.4 Å². The number of aromatic nitrogens is 1. The van der Waals surface area contributed by atoms with Gasteiger partial charge in [0.25, 0.3) is 0 Å². The topological polar surface area (TPSA) is 24.9 Å². The zero-order valence-electron chi connectivity index (χ0n) is 15.3. The van der Waals surface area contributed by atoms with Crippen LogP contribution in [0, 0.1) is 6.92 Å². The summed E-state index contributed by atoms with van der Waals surface area (Å²) in [7, 11) is 0. The Labute approximate surface area is 155 Å². The van der Waals surface area contributed by atoms with Gasteiger partial charge in [-0.25, -0.2) is 0 Å². The van der Waals surface area contributed by atoms with Crippen molar-refractivity contribution in [3.63, 3.8) is 0 Å². The number of hydrogen-bond acceptors (Lipinski definition) is 2. The quantitative estimate of drug-likeness (QED) is 0.611. The fourth-order valence-corrected chi connectivity index (χ4v) is 3.74. The third-order valence-electron chi connectivity index (χ3n) is 5.18. The Morgan fingerprint density at radius 3 is 2.27 bits per heavy atom. The van der Waals surface area contributed by atoms with Crippen molar-refractivity contribution in [2.75, 3.05) is 0 Å². The van der Waals surface area contributed by atoms with E-state index in [4.69, 9.17) is 4.98 Å². The number of hydrogen-bond donors (Lipinski definition) is 1. The molecule has 0 radical (unpaired) electrons. The number of rotatable bonds is 3. The van der Waals surface area contributed by atoms with Crippen LogP contribution in [-0.2, 0) is 0 Å². The standard InChI is InChI=1S/C24H24N2/c1-17-13-14-22(26-24(17)20-11-7-4-8-12-20)21-15-18(2)23(25-16-21)19-9-5-3-6-10-19/h3-13,15-16,22,24,26H,14H2,1-2H3/t22-,24+/m0/s1. The first-order valence-corrected chi connectivity index (χ1v) is 9.22. The molecule has 0 saturated carbocycles. The Morgan fingerprint density at radius 1 is 0.885 bits per heavy atom. The van der Waals surface area contributed by atoms with Gasteiger partial charge in [-0.2, -0.15) is 0 Å². The van der Waals surface area contributed by atoms with Crippen LogP contribution >= 0.6 is 0 Å². The number of pyridine rings is 1. The van der Waals surface area contributed by atoms with E-state index in [0.717, 1.165) is 12.1 Å². The van der Waals surface area contributed by atoms with E-state index in [2.05, 4.69) is 85.9 Å². The fourth-order valence-electron chi connectivity index (χ4n) is 3.74. The minimum absolute atomic E-state index is 0.268. The van der Waals surface area contributed by atoms with Crippen LogP contribution in [0.4, 0.5) is 0 Å². The Morgan fingerprint density at radius 2 is 1.58 bits per heavy atom. The summed E-state index contributed by atoms with van der Waals surface area (Å²) in [6.07, 6.45) is 5.39. The highest BCUT2D eigenvalue weighted by molar-refractivity contribution is 5.62. The lowest BCUT2D eigenvalue weighted by atomic mass is 9.90. The summed E-state index contributed by atoms with van der Waals surface area (Å²) in [5.41, 5.74) is 7.42. The second kappa shape index (κ2) is 7.27. The van der Waals surface area contributed by atoms with Gasteiger partial charge in [-0.3, -0.25) is 10.3 Å². The van der Waals surface area contributed by atoms with Gasteiger partial charge in [-0.05, 0) is 37.0 Å². The van der Waals surface area contributed by atoms with Gasteiger partial charge >= 0.3 is 0 Å². The minimum Gasteiger partial charge on any atom is -0.299 e. The molecule has 0 amide bonds. The average Bonchev–Trinajstić information content (AvgIpc) is 2.69. The molecule has 2 atom stereocenters. The summed E-state index contributed by atoms with van der Waals surface area (Å²) in [5, 5.41) is 3.81. The van der Waals surface area contributed by atoms with E-state index in [1.165, 1.54) is 27.8 Å². The number of nitrogens with one attached hydrogen (secondary N) is 1. The van der Waals surface area contributed by atoms with Crippen molar-refractivity contribution in [1.29, 1.82) is 0 Å². The highest BCUT2D eigenvalue weighted by Gasteiger charge is 2.24. The van der Waals surface area contributed by atoms with Crippen LogP contribution in [0.25, 0.3) is 11.3 Å². The molecule has 0 spiro atoms. The lowest BCUT2D eigenvalue weighted by molar-refractivity contribution is 0.456. The molecule has 0 aliphatic carbocycles. The van der Waals surface area contributed by atoms with Gasteiger partial charge in [0, 0.05) is 17.8 Å². The molecule has 3 aromatic rings. The summed E-state index contributed by atoms with van der Waals surface area (Å²) in [6.45, 7) is 4.36. The van der Waals surface area contributed by atoms with Crippen molar-refractivity contribution in [3.05, 3.63) is 101 Å². The van der Waals surface area contributed by atoms with E-state index in [-0.39, 0.29) is 6.04 Å². The lowest BCUT2D eigenvalue weighted by Crippen LogP contribution is -2.30. The van der Waals surface area contributed by atoms with Gasteiger partial charge in [0.15, 0.2) is 0 Å². The van der Waals surface area contributed by atoms with Crippen LogP contribution in [-0.4, -0.2) is 4.98 Å². The minimum atomic E-state index is 0.268. The zero-order chi connectivity index (χ0) is 17.9. The van der Waals surface area contributed by atoms with Crippen LogP contribution in [0.15, 0.2) is 84.6 Å².